The lowest BCUT2D eigenvalue weighted by atomic mass is 9.99. The van der Waals surface area contributed by atoms with Gasteiger partial charge in [0.2, 0.25) is 0 Å². The van der Waals surface area contributed by atoms with Crippen LogP contribution in [0.1, 0.15) is 30.5 Å². The third-order valence-electron chi connectivity index (χ3n) is 4.52. The molecule has 0 saturated carbocycles. The van der Waals surface area contributed by atoms with E-state index in [1.807, 2.05) is 45.9 Å². The molecule has 1 aromatic rings. The van der Waals surface area contributed by atoms with Crippen molar-refractivity contribution < 1.29 is 19.4 Å². The van der Waals surface area contributed by atoms with Crippen LogP contribution in [0.5, 0.6) is 0 Å². The lowest BCUT2D eigenvalue weighted by molar-refractivity contribution is -0.138. The summed E-state index contributed by atoms with van der Waals surface area (Å²) < 4.78 is 5.50. The molecule has 0 radical (unpaired) electrons. The number of likely N-dealkylation sites (N-methyl/N-ethyl adjacent to an activating group) is 1. The summed E-state index contributed by atoms with van der Waals surface area (Å²) in [7, 11) is 1.71. The largest absolute Gasteiger partial charge is 0.395 e. The van der Waals surface area contributed by atoms with Gasteiger partial charge in [-0.05, 0) is 44.4 Å². The fourth-order valence-corrected chi connectivity index (χ4v) is 2.92. The van der Waals surface area contributed by atoms with Gasteiger partial charge in [-0.15, -0.1) is 0 Å². The van der Waals surface area contributed by atoms with Gasteiger partial charge in [0, 0.05) is 13.6 Å². The fourth-order valence-electron chi connectivity index (χ4n) is 2.92. The van der Waals surface area contributed by atoms with Gasteiger partial charge in [-0.1, -0.05) is 18.2 Å². The van der Waals surface area contributed by atoms with Gasteiger partial charge in [0.25, 0.3) is 11.8 Å². The molecule has 1 heterocycles. The van der Waals surface area contributed by atoms with E-state index in [9.17, 15) is 14.7 Å². The molecule has 1 aliphatic rings. The third kappa shape index (κ3) is 4.14. The Labute approximate surface area is 155 Å². The molecule has 2 amide bonds. The zero-order valence-electron chi connectivity index (χ0n) is 16.2. The maximum Gasteiger partial charge on any atom is 0.277 e. The zero-order chi connectivity index (χ0) is 19.4. The molecular formula is C20H28N2O4. The van der Waals surface area contributed by atoms with E-state index in [1.165, 1.54) is 4.90 Å². The van der Waals surface area contributed by atoms with E-state index in [2.05, 4.69) is 0 Å². The summed E-state index contributed by atoms with van der Waals surface area (Å²) in [4.78, 5) is 28.8. The van der Waals surface area contributed by atoms with Crippen LogP contribution < -0.4 is 0 Å². The highest BCUT2D eigenvalue weighted by molar-refractivity contribution is 6.35. The Morgan fingerprint density at radius 3 is 2.42 bits per heavy atom. The SMILES string of the molecule is Cc1ccc(C2=C(N(C)CCO)C(=O)N(CCOC(C)C)C2=O)cc1C. The van der Waals surface area contributed by atoms with Crippen LogP contribution >= 0.6 is 0 Å². The molecule has 0 aromatic heterocycles. The molecule has 26 heavy (non-hydrogen) atoms. The van der Waals surface area contributed by atoms with Crippen LogP contribution in [0.2, 0.25) is 0 Å². The highest BCUT2D eigenvalue weighted by Crippen LogP contribution is 2.31. The van der Waals surface area contributed by atoms with Crippen molar-refractivity contribution in [2.24, 2.45) is 0 Å². The Morgan fingerprint density at radius 2 is 1.85 bits per heavy atom. The van der Waals surface area contributed by atoms with Crippen LogP contribution in [0.15, 0.2) is 23.9 Å². The minimum Gasteiger partial charge on any atom is -0.395 e. The highest BCUT2D eigenvalue weighted by Gasteiger charge is 2.40. The van der Waals surface area contributed by atoms with Gasteiger partial charge >= 0.3 is 0 Å². The predicted octanol–water partition coefficient (Wildman–Crippen LogP) is 1.73. The van der Waals surface area contributed by atoms with Crippen LogP contribution in [0, 0.1) is 13.8 Å². The zero-order valence-corrected chi connectivity index (χ0v) is 16.2. The maximum absolute atomic E-state index is 13.0. The van der Waals surface area contributed by atoms with Gasteiger partial charge in [0.05, 0.1) is 31.4 Å². The van der Waals surface area contributed by atoms with Crippen LogP contribution in [-0.4, -0.2) is 66.2 Å². The van der Waals surface area contributed by atoms with E-state index >= 15 is 0 Å². The average molecular weight is 360 g/mol. The fraction of sp³-hybridized carbons (Fsp3) is 0.500. The van der Waals surface area contributed by atoms with E-state index in [-0.39, 0.29) is 37.6 Å². The summed E-state index contributed by atoms with van der Waals surface area (Å²) in [5.74, 6) is -0.656. The number of benzene rings is 1. The molecule has 0 fully saturated rings. The number of aliphatic hydroxyl groups excluding tert-OH is 1. The molecule has 1 aliphatic heterocycles. The summed E-state index contributed by atoms with van der Waals surface area (Å²) >= 11 is 0. The molecule has 6 heteroatoms. The average Bonchev–Trinajstić information content (AvgIpc) is 2.82. The summed E-state index contributed by atoms with van der Waals surface area (Å²) in [6, 6.07) is 5.74. The Bertz CT molecular complexity index is 725. The molecule has 2 rings (SSSR count). The van der Waals surface area contributed by atoms with E-state index in [0.717, 1.165) is 16.7 Å². The second kappa shape index (κ2) is 8.47. The van der Waals surface area contributed by atoms with E-state index in [1.54, 1.807) is 11.9 Å². The Kier molecular flexibility index (Phi) is 6.56. The first-order valence-electron chi connectivity index (χ1n) is 8.89. The first-order valence-corrected chi connectivity index (χ1v) is 8.89. The molecule has 0 spiro atoms. The van der Waals surface area contributed by atoms with Crippen molar-refractivity contribution in [3.63, 3.8) is 0 Å². The quantitative estimate of drug-likeness (QED) is 0.715. The highest BCUT2D eigenvalue weighted by atomic mass is 16.5. The predicted molar refractivity (Wildman–Crippen MR) is 100 cm³/mol. The van der Waals surface area contributed by atoms with E-state index in [4.69, 9.17) is 4.74 Å². The summed E-state index contributed by atoms with van der Waals surface area (Å²) in [6.45, 7) is 8.49. The number of hydrogen-bond acceptors (Lipinski definition) is 5. The lowest BCUT2D eigenvalue weighted by Gasteiger charge is -2.20. The molecule has 0 saturated heterocycles. The molecule has 0 atom stereocenters. The number of rotatable bonds is 8. The van der Waals surface area contributed by atoms with Crippen molar-refractivity contribution in [1.29, 1.82) is 0 Å². The van der Waals surface area contributed by atoms with Crippen molar-refractivity contribution in [3.8, 4) is 0 Å². The Morgan fingerprint density at radius 1 is 1.15 bits per heavy atom. The van der Waals surface area contributed by atoms with Gasteiger partial charge in [-0.2, -0.15) is 0 Å². The minimum absolute atomic E-state index is 0.0338. The van der Waals surface area contributed by atoms with Gasteiger partial charge in [0.1, 0.15) is 5.70 Å². The van der Waals surface area contributed by atoms with Gasteiger partial charge in [-0.25, -0.2) is 0 Å². The molecule has 1 aromatic carbocycles. The molecule has 0 aliphatic carbocycles. The van der Waals surface area contributed by atoms with Crippen molar-refractivity contribution in [2.45, 2.75) is 33.8 Å². The number of nitrogens with zero attached hydrogens (tertiary/aromatic N) is 2. The maximum atomic E-state index is 13.0. The van der Waals surface area contributed by atoms with Crippen molar-refractivity contribution in [3.05, 3.63) is 40.6 Å². The van der Waals surface area contributed by atoms with Gasteiger partial charge < -0.3 is 14.7 Å². The number of carbonyl (C=O) groups is 2. The summed E-state index contributed by atoms with van der Waals surface area (Å²) in [5, 5.41) is 9.26. The third-order valence-corrected chi connectivity index (χ3v) is 4.52. The number of aliphatic hydroxyl groups is 1. The van der Waals surface area contributed by atoms with Crippen molar-refractivity contribution in [2.75, 3.05) is 33.4 Å². The number of carbonyl (C=O) groups excluding carboxylic acids is 2. The van der Waals surface area contributed by atoms with Gasteiger partial charge in [-0.3, -0.25) is 14.5 Å². The van der Waals surface area contributed by atoms with Crippen LogP contribution in [0.3, 0.4) is 0 Å². The van der Waals surface area contributed by atoms with Crippen LogP contribution in [-0.2, 0) is 14.3 Å². The van der Waals surface area contributed by atoms with E-state index < -0.39 is 0 Å². The van der Waals surface area contributed by atoms with E-state index in [0.29, 0.717) is 17.9 Å². The smallest absolute Gasteiger partial charge is 0.277 e. The summed E-state index contributed by atoms with van der Waals surface area (Å²) in [6.07, 6.45) is 0.0338. The standard InChI is InChI=1S/C20H28N2O4/c1-13(2)26-11-9-22-19(24)17(16-7-6-14(3)15(4)12-16)18(20(22)25)21(5)8-10-23/h6-7,12-13,23H,8-11H2,1-5H3. The number of amides is 2. The molecule has 142 valence electrons. The lowest BCUT2D eigenvalue weighted by Crippen LogP contribution is -2.37. The number of hydrogen-bond donors (Lipinski definition) is 1. The first kappa shape index (κ1) is 20.1. The monoisotopic (exact) mass is 360 g/mol. The number of ether oxygens (including phenoxy) is 1. The second-order valence-electron chi connectivity index (χ2n) is 6.85. The second-order valence-corrected chi connectivity index (χ2v) is 6.85. The molecule has 0 unspecified atom stereocenters. The van der Waals surface area contributed by atoms with Crippen LogP contribution in [0.4, 0.5) is 0 Å². The molecule has 0 bridgehead atoms. The minimum atomic E-state index is -0.341. The Hall–Kier alpha value is -2.18. The molecular weight excluding hydrogens is 332 g/mol. The number of aryl methyl sites for hydroxylation is 2. The van der Waals surface area contributed by atoms with Crippen LogP contribution in [0.25, 0.3) is 5.57 Å². The van der Waals surface area contributed by atoms with Crippen molar-refractivity contribution >= 4 is 17.4 Å². The van der Waals surface area contributed by atoms with Crippen molar-refractivity contribution in [1.82, 2.24) is 9.80 Å². The molecule has 1 N–H and O–H groups in total. The van der Waals surface area contributed by atoms with Gasteiger partial charge in [0.15, 0.2) is 0 Å². The number of imide groups is 1. The first-order chi connectivity index (χ1) is 12.3. The Balaban J connectivity index is 2.41. The topological polar surface area (TPSA) is 70.1 Å². The normalized spacial score (nSPS) is 14.8. The molecule has 6 nitrogen and oxygen atoms in total. The summed E-state index contributed by atoms with van der Waals surface area (Å²) in [5.41, 5.74) is 3.62.